The SMILES string of the molecule is CC[C@H]1/C2=C/c3[nH]c4c(c3C)=C(O)[C@H](C(=O)OC)C=4C3N/C(=C\c4[nH]c(c(C(C)=O)c4C)/C=C(/N2)[C@@H]1C)[C@@H](C)[C@@H]3CCC(=O)O. The number of aliphatic hydroxyl groups excluding tert-OH is 1. The van der Waals surface area contributed by atoms with E-state index in [1.807, 2.05) is 32.9 Å². The summed E-state index contributed by atoms with van der Waals surface area (Å²) >= 11 is 0. The third-order valence-electron chi connectivity index (χ3n) is 10.6. The number of carbonyl (C=O) groups is 3. The normalized spacial score (nSPS) is 30.1. The fraction of sp³-hybridized carbons (Fsp3) is 0.457. The van der Waals surface area contributed by atoms with Gasteiger partial charge in [-0.05, 0) is 74.5 Å². The molecule has 3 aliphatic heterocycles. The lowest BCUT2D eigenvalue weighted by Crippen LogP contribution is -2.38. The number of esters is 1. The van der Waals surface area contributed by atoms with E-state index in [1.54, 1.807) is 6.92 Å². The van der Waals surface area contributed by atoms with Crippen molar-refractivity contribution in [2.75, 3.05) is 7.11 Å². The van der Waals surface area contributed by atoms with Gasteiger partial charge in [-0.2, -0.15) is 0 Å². The van der Waals surface area contributed by atoms with Crippen LogP contribution >= 0.6 is 0 Å². The van der Waals surface area contributed by atoms with Crippen molar-refractivity contribution in [2.24, 2.45) is 29.6 Å². The predicted octanol–water partition coefficient (Wildman–Crippen LogP) is 3.87. The van der Waals surface area contributed by atoms with Crippen molar-refractivity contribution in [2.45, 2.75) is 66.8 Å². The van der Waals surface area contributed by atoms with Crippen LogP contribution in [0.2, 0.25) is 0 Å². The van der Waals surface area contributed by atoms with Gasteiger partial charge in [0.15, 0.2) is 5.78 Å². The zero-order valence-electron chi connectivity index (χ0n) is 26.8. The molecule has 6 rings (SSSR count). The van der Waals surface area contributed by atoms with Crippen molar-refractivity contribution in [3.8, 4) is 0 Å². The lowest BCUT2D eigenvalue weighted by molar-refractivity contribution is -0.142. The van der Waals surface area contributed by atoms with Crippen LogP contribution in [-0.2, 0) is 14.3 Å². The van der Waals surface area contributed by atoms with Crippen molar-refractivity contribution in [3.05, 3.63) is 61.4 Å². The second-order valence-electron chi connectivity index (χ2n) is 13.0. The first kappa shape index (κ1) is 30.6. The Balaban J connectivity index is 1.67. The number of hydrogen-bond acceptors (Lipinski definition) is 7. The highest BCUT2D eigenvalue weighted by Crippen LogP contribution is 2.43. The fourth-order valence-corrected chi connectivity index (χ4v) is 8.10. The number of carboxylic acids is 1. The first-order valence-electron chi connectivity index (χ1n) is 15.7. The Labute approximate surface area is 262 Å². The number of methoxy groups -OCH3 is 1. The van der Waals surface area contributed by atoms with Crippen LogP contribution in [0.25, 0.3) is 29.6 Å². The molecule has 2 fully saturated rings. The Morgan fingerprint density at radius 1 is 0.933 bits per heavy atom. The third-order valence-corrected chi connectivity index (χ3v) is 10.6. The van der Waals surface area contributed by atoms with E-state index in [0.717, 1.165) is 51.7 Å². The lowest BCUT2D eigenvalue weighted by atomic mass is 9.80. The Morgan fingerprint density at radius 3 is 2.24 bits per heavy atom. The van der Waals surface area contributed by atoms with Crippen LogP contribution in [0.15, 0.2) is 17.1 Å². The molecular formula is C35H42N4O6. The highest BCUT2D eigenvalue weighted by molar-refractivity contribution is 6.00. The highest BCUT2D eigenvalue weighted by atomic mass is 16.5. The maximum absolute atomic E-state index is 13.3. The van der Waals surface area contributed by atoms with Gasteiger partial charge in [-0.15, -0.1) is 0 Å². The van der Waals surface area contributed by atoms with Gasteiger partial charge in [-0.25, -0.2) is 0 Å². The largest absolute Gasteiger partial charge is 0.510 e. The molecule has 2 aromatic heterocycles. The summed E-state index contributed by atoms with van der Waals surface area (Å²) in [5.74, 6) is -2.56. The molecular weight excluding hydrogens is 572 g/mol. The van der Waals surface area contributed by atoms with E-state index in [1.165, 1.54) is 7.11 Å². The number of carbonyl (C=O) groups excluding carboxylic acids is 2. The minimum atomic E-state index is -1.03. The van der Waals surface area contributed by atoms with Crippen LogP contribution in [0.3, 0.4) is 0 Å². The van der Waals surface area contributed by atoms with Gasteiger partial charge in [0.25, 0.3) is 0 Å². The van der Waals surface area contributed by atoms with Crippen molar-refractivity contribution in [3.63, 3.8) is 0 Å². The zero-order valence-corrected chi connectivity index (χ0v) is 26.8. The minimum Gasteiger partial charge on any atom is -0.510 e. The molecule has 1 unspecified atom stereocenters. The van der Waals surface area contributed by atoms with E-state index in [-0.39, 0.29) is 41.6 Å². The zero-order chi connectivity index (χ0) is 32.5. The average Bonchev–Trinajstić information content (AvgIpc) is 3.72. The summed E-state index contributed by atoms with van der Waals surface area (Å²) in [6.45, 7) is 11.8. The van der Waals surface area contributed by atoms with Crippen LogP contribution in [0, 0.1) is 43.4 Å². The number of carboxylic acid groups (broad SMARTS) is 1. The molecule has 0 saturated carbocycles. The molecule has 10 nitrogen and oxygen atoms in total. The van der Waals surface area contributed by atoms with E-state index in [2.05, 4.69) is 40.5 Å². The van der Waals surface area contributed by atoms with E-state index in [9.17, 15) is 24.6 Å². The number of nitrogens with one attached hydrogen (secondary N) is 4. The molecule has 5 heterocycles. The summed E-state index contributed by atoms with van der Waals surface area (Å²) in [5.41, 5.74) is 8.17. The first-order valence-corrected chi connectivity index (χ1v) is 15.7. The smallest absolute Gasteiger partial charge is 0.320 e. The second kappa shape index (κ2) is 11.2. The number of fused-ring (bicyclic) bond motifs is 8. The first-order chi connectivity index (χ1) is 21.4. The van der Waals surface area contributed by atoms with Crippen LogP contribution in [0.4, 0.5) is 0 Å². The third kappa shape index (κ3) is 4.73. The average molecular weight is 615 g/mol. The van der Waals surface area contributed by atoms with Crippen LogP contribution in [0.5, 0.6) is 0 Å². The van der Waals surface area contributed by atoms with Crippen molar-refractivity contribution < 1.29 is 29.3 Å². The number of aromatic amines is 2. The summed E-state index contributed by atoms with van der Waals surface area (Å²) in [7, 11) is 1.31. The standard InChI is InChI=1S/C35H42N4O6/c1-8-19-14(2)21-13-26-28(18(6)40)16(4)23(37-26)11-22-15(3)20(9-10-27(41)42)32(38-22)30-31(35(44)45-7)34(43)29-17(5)24(39-33(29)30)12-25(19)36-21/h11-15,19-20,31-32,36-39,43H,8-10H2,1-7H3,(H,41,42)/b21-13+,22-11-,25-12-/t14-,15+,19-,20+,31-,32?/m1/s1. The Kier molecular flexibility index (Phi) is 7.57. The number of ketones is 1. The van der Waals surface area contributed by atoms with E-state index >= 15 is 0 Å². The van der Waals surface area contributed by atoms with E-state index in [0.29, 0.717) is 28.1 Å². The highest BCUT2D eigenvalue weighted by Gasteiger charge is 2.47. The molecule has 2 saturated heterocycles. The van der Waals surface area contributed by atoms with Gasteiger partial charge in [0.2, 0.25) is 0 Å². The molecule has 0 aromatic carbocycles. The number of aliphatic carboxylic acids is 1. The Hall–Kier alpha value is -4.47. The number of H-pyrrole nitrogens is 2. The van der Waals surface area contributed by atoms with Crippen molar-refractivity contribution >= 4 is 47.3 Å². The maximum Gasteiger partial charge on any atom is 0.320 e. The van der Waals surface area contributed by atoms with Crippen molar-refractivity contribution in [1.82, 2.24) is 20.6 Å². The summed E-state index contributed by atoms with van der Waals surface area (Å²) in [4.78, 5) is 45.1. The molecule has 10 heteroatoms. The molecule has 0 amide bonds. The number of rotatable bonds is 6. The van der Waals surface area contributed by atoms with Gasteiger partial charge in [0.05, 0.1) is 24.2 Å². The second-order valence-corrected chi connectivity index (χ2v) is 13.0. The molecule has 0 spiro atoms. The summed E-state index contributed by atoms with van der Waals surface area (Å²) < 4.78 is 5.20. The molecule has 6 atom stereocenters. The summed E-state index contributed by atoms with van der Waals surface area (Å²) in [6, 6.07) is -0.467. The number of aromatic nitrogens is 2. The lowest BCUT2D eigenvalue weighted by Gasteiger charge is -2.26. The number of aliphatic hydroxyl groups is 1. The summed E-state index contributed by atoms with van der Waals surface area (Å²) in [5, 5.41) is 29.8. The van der Waals surface area contributed by atoms with Crippen LogP contribution in [0.1, 0.15) is 85.5 Å². The fourth-order valence-electron chi connectivity index (χ4n) is 8.10. The van der Waals surface area contributed by atoms with E-state index in [4.69, 9.17) is 4.74 Å². The minimum absolute atomic E-state index is 0.0357. The van der Waals surface area contributed by atoms with Gasteiger partial charge in [0.1, 0.15) is 11.7 Å². The number of hydrogen-bond donors (Lipinski definition) is 6. The molecule has 45 heavy (non-hydrogen) atoms. The summed E-state index contributed by atoms with van der Waals surface area (Å²) in [6.07, 6.45) is 7.33. The predicted molar refractivity (Wildman–Crippen MR) is 172 cm³/mol. The monoisotopic (exact) mass is 614 g/mol. The molecule has 4 aliphatic rings. The van der Waals surface area contributed by atoms with Crippen molar-refractivity contribution in [1.29, 1.82) is 0 Å². The topological polar surface area (TPSA) is 157 Å². The number of Topliss-reactive ketones (excluding diaryl/α,β-unsaturated/α-hetero) is 1. The van der Waals surface area contributed by atoms with Crippen LogP contribution in [-0.4, -0.2) is 51.1 Å². The molecule has 0 radical (unpaired) electrons. The van der Waals surface area contributed by atoms with Gasteiger partial charge in [-0.1, -0.05) is 20.8 Å². The number of ether oxygens (including phenoxy) is 1. The van der Waals surface area contributed by atoms with Gasteiger partial charge in [0, 0.05) is 63.4 Å². The van der Waals surface area contributed by atoms with Crippen LogP contribution < -0.4 is 21.2 Å². The molecule has 8 bridgehead atoms. The van der Waals surface area contributed by atoms with Gasteiger partial charge in [-0.3, -0.25) is 14.4 Å². The maximum atomic E-state index is 13.3. The van der Waals surface area contributed by atoms with Gasteiger partial charge >= 0.3 is 11.9 Å². The Bertz CT molecular complexity index is 1850. The molecule has 6 N–H and O–H groups in total. The number of allylic oxidation sites excluding steroid dienone is 3. The molecule has 238 valence electrons. The molecule has 2 aromatic rings. The Morgan fingerprint density at radius 2 is 1.60 bits per heavy atom. The quantitative estimate of drug-likeness (QED) is 0.212. The van der Waals surface area contributed by atoms with E-state index < -0.39 is 23.9 Å². The van der Waals surface area contributed by atoms with Gasteiger partial charge < -0.3 is 35.6 Å². The molecule has 1 aliphatic carbocycles.